The Morgan fingerprint density at radius 2 is 1.96 bits per heavy atom. The summed E-state index contributed by atoms with van der Waals surface area (Å²) in [6.45, 7) is 3.04. The number of thiazole rings is 1. The maximum atomic E-state index is 13.0. The summed E-state index contributed by atoms with van der Waals surface area (Å²) >= 11 is 3.49. The second-order valence-corrected chi connectivity index (χ2v) is 8.75. The van der Waals surface area contributed by atoms with Crippen LogP contribution in [0.2, 0.25) is 0 Å². The number of piperazine rings is 1. The molecular weight excluding hydrogens is 388 g/mol. The summed E-state index contributed by atoms with van der Waals surface area (Å²) in [6, 6.07) is 14.4. The zero-order valence-electron chi connectivity index (χ0n) is 15.5. The molecule has 0 radical (unpaired) electrons. The van der Waals surface area contributed by atoms with Crippen molar-refractivity contribution >= 4 is 55.3 Å². The third kappa shape index (κ3) is 3.04. The molecule has 2 aromatic carbocycles. The molecular formula is C21H20N4OS2. The second kappa shape index (κ2) is 7.14. The Morgan fingerprint density at radius 3 is 2.79 bits per heavy atom. The predicted molar refractivity (Wildman–Crippen MR) is 118 cm³/mol. The van der Waals surface area contributed by atoms with Gasteiger partial charge in [0, 0.05) is 48.2 Å². The van der Waals surface area contributed by atoms with Crippen LogP contribution in [0.3, 0.4) is 0 Å². The van der Waals surface area contributed by atoms with E-state index in [1.165, 1.54) is 9.60 Å². The molecule has 0 aliphatic carbocycles. The number of nitrogens with one attached hydrogen (secondary N) is 1. The van der Waals surface area contributed by atoms with Crippen LogP contribution in [-0.4, -0.2) is 53.2 Å². The van der Waals surface area contributed by atoms with Gasteiger partial charge < -0.3 is 14.8 Å². The highest BCUT2D eigenvalue weighted by Crippen LogP contribution is 2.32. The average Bonchev–Trinajstić information content (AvgIpc) is 3.37. The Morgan fingerprint density at radius 1 is 1.14 bits per heavy atom. The smallest absolute Gasteiger partial charge is 0.256 e. The van der Waals surface area contributed by atoms with E-state index in [0.29, 0.717) is 13.1 Å². The third-order valence-electron chi connectivity index (χ3n) is 5.24. The van der Waals surface area contributed by atoms with Crippen molar-refractivity contribution in [3.05, 3.63) is 54.2 Å². The Balaban J connectivity index is 1.31. The highest BCUT2D eigenvalue weighted by atomic mass is 32.2. The van der Waals surface area contributed by atoms with Gasteiger partial charge >= 0.3 is 0 Å². The summed E-state index contributed by atoms with van der Waals surface area (Å²) in [4.78, 5) is 26.5. The van der Waals surface area contributed by atoms with Crippen LogP contribution in [0.1, 0.15) is 10.4 Å². The lowest BCUT2D eigenvalue weighted by Gasteiger charge is -2.34. The molecule has 7 heteroatoms. The Bertz CT molecular complexity index is 1160. The van der Waals surface area contributed by atoms with E-state index in [2.05, 4.69) is 34.3 Å². The lowest BCUT2D eigenvalue weighted by Crippen LogP contribution is -2.48. The largest absolute Gasteiger partial charge is 0.360 e. The predicted octanol–water partition coefficient (Wildman–Crippen LogP) is 4.46. The molecule has 4 aromatic rings. The van der Waals surface area contributed by atoms with E-state index in [9.17, 15) is 4.79 Å². The van der Waals surface area contributed by atoms with Crippen molar-refractivity contribution in [3.63, 3.8) is 0 Å². The van der Waals surface area contributed by atoms with E-state index in [0.717, 1.165) is 40.2 Å². The van der Waals surface area contributed by atoms with E-state index in [-0.39, 0.29) is 5.91 Å². The van der Waals surface area contributed by atoms with Crippen LogP contribution in [0.25, 0.3) is 21.1 Å². The lowest BCUT2D eigenvalue weighted by atomic mass is 10.1. The van der Waals surface area contributed by atoms with Gasteiger partial charge in [-0.15, -0.1) is 11.8 Å². The number of carbonyl (C=O) groups excluding carboxylic acids is 1. The van der Waals surface area contributed by atoms with Gasteiger partial charge in [0.25, 0.3) is 5.91 Å². The number of H-pyrrole nitrogens is 1. The van der Waals surface area contributed by atoms with Crippen LogP contribution in [0.15, 0.2) is 53.6 Å². The van der Waals surface area contributed by atoms with Crippen molar-refractivity contribution in [2.45, 2.75) is 4.90 Å². The number of anilines is 1. The number of hydrogen-bond donors (Lipinski definition) is 1. The van der Waals surface area contributed by atoms with Gasteiger partial charge in [-0.2, -0.15) is 0 Å². The molecule has 0 saturated carbocycles. The number of hydrogen-bond acceptors (Lipinski definition) is 5. The first-order valence-electron chi connectivity index (χ1n) is 9.28. The van der Waals surface area contributed by atoms with Crippen molar-refractivity contribution in [2.75, 3.05) is 37.3 Å². The van der Waals surface area contributed by atoms with Gasteiger partial charge in [0.15, 0.2) is 5.13 Å². The summed E-state index contributed by atoms with van der Waals surface area (Å²) in [5.41, 5.74) is 2.81. The minimum atomic E-state index is 0.103. The van der Waals surface area contributed by atoms with Crippen LogP contribution < -0.4 is 4.90 Å². The Hall–Kier alpha value is -2.51. The topological polar surface area (TPSA) is 52.2 Å². The number of amides is 1. The summed E-state index contributed by atoms with van der Waals surface area (Å²) < 4.78 is 1.22. The number of carbonyl (C=O) groups is 1. The van der Waals surface area contributed by atoms with Crippen molar-refractivity contribution in [1.82, 2.24) is 14.9 Å². The quantitative estimate of drug-likeness (QED) is 0.509. The molecule has 3 heterocycles. The van der Waals surface area contributed by atoms with E-state index in [1.54, 1.807) is 23.1 Å². The number of rotatable bonds is 3. The zero-order valence-corrected chi connectivity index (χ0v) is 17.1. The molecule has 1 aliphatic rings. The van der Waals surface area contributed by atoms with Gasteiger partial charge in [0.05, 0.1) is 15.8 Å². The van der Waals surface area contributed by atoms with Gasteiger partial charge in [0.1, 0.15) is 0 Å². The van der Waals surface area contributed by atoms with Gasteiger partial charge in [-0.1, -0.05) is 29.5 Å². The fourth-order valence-corrected chi connectivity index (χ4v) is 5.25. The Labute approximate surface area is 171 Å². The number of nitrogens with zero attached hydrogens (tertiary/aromatic N) is 3. The molecule has 0 spiro atoms. The molecule has 0 atom stereocenters. The van der Waals surface area contributed by atoms with Gasteiger partial charge in [-0.25, -0.2) is 4.98 Å². The monoisotopic (exact) mass is 408 g/mol. The molecule has 0 bridgehead atoms. The van der Waals surface area contributed by atoms with Crippen LogP contribution in [0.5, 0.6) is 0 Å². The molecule has 5 nitrogen and oxygen atoms in total. The zero-order chi connectivity index (χ0) is 19.1. The van der Waals surface area contributed by atoms with Crippen LogP contribution >= 0.6 is 23.1 Å². The van der Waals surface area contributed by atoms with Gasteiger partial charge in [-0.3, -0.25) is 4.79 Å². The van der Waals surface area contributed by atoms with Crippen LogP contribution in [0, 0.1) is 0 Å². The molecule has 2 aromatic heterocycles. The Kier molecular flexibility index (Phi) is 4.49. The fourth-order valence-electron chi connectivity index (χ4n) is 3.67. The molecule has 142 valence electrons. The van der Waals surface area contributed by atoms with Gasteiger partial charge in [0.2, 0.25) is 0 Å². The standard InChI is InChI=1S/C21H20N4OS2/c1-27-14-6-7-18-19(12-14)28-21(23-18)25-10-8-24(9-11-25)20(26)16-13-22-17-5-3-2-4-15(16)17/h2-7,12-13,22H,8-11H2,1H3. The molecule has 1 N–H and O–H groups in total. The minimum Gasteiger partial charge on any atom is -0.360 e. The molecule has 5 rings (SSSR count). The summed E-state index contributed by atoms with van der Waals surface area (Å²) in [6.07, 6.45) is 3.92. The SMILES string of the molecule is CSc1ccc2nc(N3CCN(C(=O)c4c[nH]c5ccccc45)CC3)sc2c1. The van der Waals surface area contributed by atoms with Gasteiger partial charge in [-0.05, 0) is 30.5 Å². The minimum absolute atomic E-state index is 0.103. The lowest BCUT2D eigenvalue weighted by molar-refractivity contribution is 0.0749. The summed E-state index contributed by atoms with van der Waals surface area (Å²) in [5, 5.41) is 2.04. The number of thioether (sulfide) groups is 1. The normalized spacial score (nSPS) is 14.9. The number of fused-ring (bicyclic) bond motifs is 2. The van der Waals surface area contributed by atoms with E-state index < -0.39 is 0 Å². The van der Waals surface area contributed by atoms with E-state index in [1.807, 2.05) is 35.4 Å². The fraction of sp³-hybridized carbons (Fsp3) is 0.238. The average molecular weight is 409 g/mol. The molecule has 1 aliphatic heterocycles. The van der Waals surface area contributed by atoms with E-state index >= 15 is 0 Å². The molecule has 28 heavy (non-hydrogen) atoms. The van der Waals surface area contributed by atoms with E-state index in [4.69, 9.17) is 4.98 Å². The third-order valence-corrected chi connectivity index (χ3v) is 7.05. The number of benzene rings is 2. The van der Waals surface area contributed by atoms with Crippen molar-refractivity contribution in [3.8, 4) is 0 Å². The summed E-state index contributed by atoms with van der Waals surface area (Å²) in [5.74, 6) is 0.103. The number of aromatic amines is 1. The van der Waals surface area contributed by atoms with Crippen LogP contribution in [0.4, 0.5) is 5.13 Å². The maximum Gasteiger partial charge on any atom is 0.256 e. The first-order chi connectivity index (χ1) is 13.7. The number of para-hydroxylation sites is 1. The summed E-state index contributed by atoms with van der Waals surface area (Å²) in [7, 11) is 0. The van der Waals surface area contributed by atoms with Crippen molar-refractivity contribution in [1.29, 1.82) is 0 Å². The second-order valence-electron chi connectivity index (χ2n) is 6.86. The van der Waals surface area contributed by atoms with Crippen molar-refractivity contribution < 1.29 is 4.79 Å². The maximum absolute atomic E-state index is 13.0. The molecule has 1 amide bonds. The molecule has 1 fully saturated rings. The number of aromatic nitrogens is 2. The highest BCUT2D eigenvalue weighted by molar-refractivity contribution is 7.98. The van der Waals surface area contributed by atoms with Crippen molar-refractivity contribution in [2.24, 2.45) is 0 Å². The first kappa shape index (κ1) is 17.6. The molecule has 1 saturated heterocycles. The highest BCUT2D eigenvalue weighted by Gasteiger charge is 2.25. The van der Waals surface area contributed by atoms with Crippen LogP contribution in [-0.2, 0) is 0 Å². The first-order valence-corrected chi connectivity index (χ1v) is 11.3. The molecule has 0 unspecified atom stereocenters.